The molecule has 0 aliphatic heterocycles. The van der Waals surface area contributed by atoms with Crippen molar-refractivity contribution in [1.82, 2.24) is 4.90 Å². The van der Waals surface area contributed by atoms with E-state index in [9.17, 15) is 4.79 Å². The molecule has 5 heteroatoms. The van der Waals surface area contributed by atoms with Crippen molar-refractivity contribution in [3.8, 4) is 0 Å². The lowest BCUT2D eigenvalue weighted by Crippen LogP contribution is -2.33. The molecule has 0 radical (unpaired) electrons. The third-order valence-electron chi connectivity index (χ3n) is 4.04. The molecule has 20 heavy (non-hydrogen) atoms. The van der Waals surface area contributed by atoms with Gasteiger partial charge in [0.15, 0.2) is 0 Å². The molecule has 0 saturated heterocycles. The van der Waals surface area contributed by atoms with Crippen molar-refractivity contribution in [2.24, 2.45) is 5.73 Å². The van der Waals surface area contributed by atoms with E-state index in [0.717, 1.165) is 18.8 Å². The topological polar surface area (TPSA) is 84.4 Å². The summed E-state index contributed by atoms with van der Waals surface area (Å²) in [6, 6.07) is 5.82. The minimum Gasteiger partial charge on any atom is -0.399 e. The van der Waals surface area contributed by atoms with Gasteiger partial charge < -0.3 is 21.7 Å². The number of anilines is 2. The lowest BCUT2D eigenvalue weighted by Gasteiger charge is -2.24. The molecule has 1 fully saturated rings. The van der Waals surface area contributed by atoms with Crippen LogP contribution in [0.1, 0.15) is 36.0 Å². The Bertz CT molecular complexity index is 469. The number of primary amides is 1. The van der Waals surface area contributed by atoms with Crippen molar-refractivity contribution in [2.75, 3.05) is 31.2 Å². The van der Waals surface area contributed by atoms with Crippen LogP contribution in [-0.4, -0.2) is 37.0 Å². The van der Waals surface area contributed by atoms with E-state index in [2.05, 4.69) is 17.3 Å². The third-order valence-corrected chi connectivity index (χ3v) is 4.04. The van der Waals surface area contributed by atoms with Crippen molar-refractivity contribution in [1.29, 1.82) is 0 Å². The van der Waals surface area contributed by atoms with Crippen LogP contribution in [0.15, 0.2) is 18.2 Å². The Labute approximate surface area is 120 Å². The number of hydrogen-bond donors (Lipinski definition) is 3. The predicted molar refractivity (Wildman–Crippen MR) is 82.7 cm³/mol. The highest BCUT2D eigenvalue weighted by Gasteiger charge is 2.19. The van der Waals surface area contributed by atoms with Crippen LogP contribution < -0.4 is 16.8 Å². The Morgan fingerprint density at radius 3 is 2.75 bits per heavy atom. The van der Waals surface area contributed by atoms with E-state index in [0.29, 0.717) is 17.3 Å². The maximum absolute atomic E-state index is 11.4. The van der Waals surface area contributed by atoms with E-state index in [1.165, 1.54) is 25.7 Å². The molecular weight excluding hydrogens is 252 g/mol. The van der Waals surface area contributed by atoms with Crippen molar-refractivity contribution in [3.05, 3.63) is 23.8 Å². The molecule has 0 atom stereocenters. The SMILES string of the molecule is CN(CCNc1cc(N)ccc1C(N)=O)C1CCCC1. The van der Waals surface area contributed by atoms with Gasteiger partial charge in [-0.1, -0.05) is 12.8 Å². The van der Waals surface area contributed by atoms with Gasteiger partial charge in [-0.15, -0.1) is 0 Å². The second-order valence-electron chi connectivity index (χ2n) is 5.51. The molecule has 1 aliphatic rings. The number of carbonyl (C=O) groups excluding carboxylic acids is 1. The van der Waals surface area contributed by atoms with E-state index in [1.807, 2.05) is 0 Å². The molecular formula is C15H24N4O. The average molecular weight is 276 g/mol. The summed E-state index contributed by atoms with van der Waals surface area (Å²) < 4.78 is 0. The minimum absolute atomic E-state index is 0.434. The van der Waals surface area contributed by atoms with E-state index < -0.39 is 5.91 Å². The minimum atomic E-state index is -0.434. The molecule has 1 aromatic carbocycles. The number of benzene rings is 1. The summed E-state index contributed by atoms with van der Waals surface area (Å²) in [5, 5.41) is 3.27. The van der Waals surface area contributed by atoms with Crippen LogP contribution in [0.2, 0.25) is 0 Å². The van der Waals surface area contributed by atoms with E-state index >= 15 is 0 Å². The fourth-order valence-corrected chi connectivity index (χ4v) is 2.82. The number of nitrogens with two attached hydrogens (primary N) is 2. The first-order valence-corrected chi connectivity index (χ1v) is 7.21. The summed E-state index contributed by atoms with van der Waals surface area (Å²) in [6.45, 7) is 1.72. The number of carbonyl (C=O) groups is 1. The number of nitrogen functional groups attached to an aromatic ring is 1. The molecule has 1 aromatic rings. The average Bonchev–Trinajstić information content (AvgIpc) is 2.92. The number of rotatable bonds is 6. The van der Waals surface area contributed by atoms with Crippen LogP contribution >= 0.6 is 0 Å². The molecule has 1 aliphatic carbocycles. The maximum Gasteiger partial charge on any atom is 0.250 e. The second kappa shape index (κ2) is 6.61. The van der Waals surface area contributed by atoms with Gasteiger partial charge in [-0.2, -0.15) is 0 Å². The zero-order chi connectivity index (χ0) is 14.5. The molecule has 5 N–H and O–H groups in total. The summed E-state index contributed by atoms with van der Waals surface area (Å²) in [5.74, 6) is -0.434. The summed E-state index contributed by atoms with van der Waals surface area (Å²) in [5.41, 5.74) is 13.0. The lowest BCUT2D eigenvalue weighted by molar-refractivity contribution is 0.100. The molecule has 0 unspecified atom stereocenters. The van der Waals surface area contributed by atoms with Crippen LogP contribution in [0, 0.1) is 0 Å². The Balaban J connectivity index is 1.90. The van der Waals surface area contributed by atoms with Crippen molar-refractivity contribution in [3.63, 3.8) is 0 Å². The standard InChI is InChI=1S/C15H24N4O/c1-19(12-4-2-3-5-12)9-8-18-14-10-11(16)6-7-13(14)15(17)20/h6-7,10,12,18H,2-5,8-9,16H2,1H3,(H2,17,20). The molecule has 110 valence electrons. The Morgan fingerprint density at radius 1 is 1.40 bits per heavy atom. The number of hydrogen-bond acceptors (Lipinski definition) is 4. The normalized spacial score (nSPS) is 15.7. The van der Waals surface area contributed by atoms with Crippen LogP contribution in [0.5, 0.6) is 0 Å². The zero-order valence-corrected chi connectivity index (χ0v) is 12.1. The Kier molecular flexibility index (Phi) is 4.84. The Hall–Kier alpha value is -1.75. The number of nitrogens with one attached hydrogen (secondary N) is 1. The monoisotopic (exact) mass is 276 g/mol. The van der Waals surface area contributed by atoms with Gasteiger partial charge in [0.2, 0.25) is 0 Å². The fourth-order valence-electron chi connectivity index (χ4n) is 2.82. The van der Waals surface area contributed by atoms with Gasteiger partial charge in [0.1, 0.15) is 0 Å². The Morgan fingerprint density at radius 2 is 2.10 bits per heavy atom. The lowest BCUT2D eigenvalue weighted by atomic mass is 10.1. The van der Waals surface area contributed by atoms with Crippen LogP contribution in [-0.2, 0) is 0 Å². The molecule has 0 bridgehead atoms. The number of likely N-dealkylation sites (N-methyl/N-ethyl adjacent to an activating group) is 1. The second-order valence-corrected chi connectivity index (χ2v) is 5.51. The predicted octanol–water partition coefficient (Wildman–Crippen LogP) is 1.65. The number of amides is 1. The highest BCUT2D eigenvalue weighted by molar-refractivity contribution is 5.99. The largest absolute Gasteiger partial charge is 0.399 e. The molecule has 2 rings (SSSR count). The first-order chi connectivity index (χ1) is 9.58. The van der Waals surface area contributed by atoms with Gasteiger partial charge in [0.25, 0.3) is 5.91 Å². The quantitative estimate of drug-likeness (QED) is 0.690. The first kappa shape index (κ1) is 14.7. The van der Waals surface area contributed by atoms with Gasteiger partial charge in [-0.05, 0) is 38.1 Å². The van der Waals surface area contributed by atoms with E-state index in [4.69, 9.17) is 11.5 Å². The van der Waals surface area contributed by atoms with Crippen molar-refractivity contribution in [2.45, 2.75) is 31.7 Å². The molecule has 1 saturated carbocycles. The summed E-state index contributed by atoms with van der Waals surface area (Å²) in [7, 11) is 2.16. The van der Waals surface area contributed by atoms with Gasteiger partial charge in [0.05, 0.1) is 5.56 Å². The molecule has 0 spiro atoms. The van der Waals surface area contributed by atoms with Crippen LogP contribution in [0.4, 0.5) is 11.4 Å². The summed E-state index contributed by atoms with van der Waals surface area (Å²) in [4.78, 5) is 13.8. The maximum atomic E-state index is 11.4. The van der Waals surface area contributed by atoms with Crippen molar-refractivity contribution < 1.29 is 4.79 Å². The highest BCUT2D eigenvalue weighted by atomic mass is 16.1. The highest BCUT2D eigenvalue weighted by Crippen LogP contribution is 2.22. The molecule has 5 nitrogen and oxygen atoms in total. The summed E-state index contributed by atoms with van der Waals surface area (Å²) in [6.07, 6.45) is 5.26. The van der Waals surface area contributed by atoms with Gasteiger partial charge >= 0.3 is 0 Å². The summed E-state index contributed by atoms with van der Waals surface area (Å²) >= 11 is 0. The van der Waals surface area contributed by atoms with Gasteiger partial charge in [-0.25, -0.2) is 0 Å². The van der Waals surface area contributed by atoms with Crippen LogP contribution in [0.25, 0.3) is 0 Å². The smallest absolute Gasteiger partial charge is 0.250 e. The first-order valence-electron chi connectivity index (χ1n) is 7.21. The van der Waals surface area contributed by atoms with E-state index in [-0.39, 0.29) is 0 Å². The van der Waals surface area contributed by atoms with Crippen molar-refractivity contribution >= 4 is 17.3 Å². The molecule has 0 heterocycles. The number of nitrogens with zero attached hydrogens (tertiary/aromatic N) is 1. The third kappa shape index (κ3) is 3.63. The van der Waals surface area contributed by atoms with Gasteiger partial charge in [0, 0.05) is 30.5 Å². The van der Waals surface area contributed by atoms with Gasteiger partial charge in [-0.3, -0.25) is 4.79 Å². The fraction of sp³-hybridized carbons (Fsp3) is 0.533. The molecule has 0 aromatic heterocycles. The van der Waals surface area contributed by atoms with Crippen LogP contribution in [0.3, 0.4) is 0 Å². The van der Waals surface area contributed by atoms with E-state index in [1.54, 1.807) is 18.2 Å². The zero-order valence-electron chi connectivity index (χ0n) is 12.1. The molecule has 1 amide bonds.